The molecule has 0 saturated carbocycles. The summed E-state index contributed by atoms with van der Waals surface area (Å²) in [5.74, 6) is -0.0971. The Balaban J connectivity index is 2.54. The van der Waals surface area contributed by atoms with Gasteiger partial charge in [-0.25, -0.2) is 8.42 Å². The molecule has 1 aromatic carbocycles. The van der Waals surface area contributed by atoms with Crippen LogP contribution >= 0.6 is 0 Å². The second-order valence-corrected chi connectivity index (χ2v) is 6.48. The van der Waals surface area contributed by atoms with E-state index >= 15 is 0 Å². The van der Waals surface area contributed by atoms with E-state index in [9.17, 15) is 13.2 Å². The Bertz CT molecular complexity index is 977. The van der Waals surface area contributed by atoms with Crippen LogP contribution in [0.25, 0.3) is 16.4 Å². The summed E-state index contributed by atoms with van der Waals surface area (Å²) in [5.41, 5.74) is -0.325. The van der Waals surface area contributed by atoms with Crippen LogP contribution in [-0.2, 0) is 9.84 Å². The summed E-state index contributed by atoms with van der Waals surface area (Å²) < 4.78 is 25.2. The number of hydrogen-bond donors (Lipinski definition) is 0. The summed E-state index contributed by atoms with van der Waals surface area (Å²) >= 11 is 0. The first kappa shape index (κ1) is 12.7. The Kier molecular flexibility index (Phi) is 2.79. The lowest BCUT2D eigenvalue weighted by molar-refractivity contribution is 0.586. The predicted octanol–water partition coefficient (Wildman–Crippen LogP) is 1.04. The summed E-state index contributed by atoms with van der Waals surface area (Å²) in [6.07, 6.45) is 1.52. The lowest BCUT2D eigenvalue weighted by Crippen LogP contribution is -2.09. The van der Waals surface area contributed by atoms with E-state index in [1.54, 1.807) is 24.3 Å². The number of hydrogen-bond acceptors (Lipinski definition) is 5. The van der Waals surface area contributed by atoms with Crippen LogP contribution in [0.3, 0.4) is 0 Å². The zero-order valence-electron chi connectivity index (χ0n) is 10.6. The van der Waals surface area contributed by atoms with Crippen LogP contribution in [0.4, 0.5) is 0 Å². The molecule has 0 fully saturated rings. The lowest BCUT2D eigenvalue weighted by atomic mass is 10.2. The number of sulfone groups is 1. The third kappa shape index (κ3) is 1.78. The molecular weight excluding hydrogens is 278 g/mol. The molecule has 3 aromatic rings. The van der Waals surface area contributed by atoms with Crippen molar-refractivity contribution < 1.29 is 8.42 Å². The van der Waals surface area contributed by atoms with E-state index in [1.807, 2.05) is 6.07 Å². The quantitative estimate of drug-likeness (QED) is 0.704. The average molecular weight is 289 g/mol. The van der Waals surface area contributed by atoms with Crippen molar-refractivity contribution in [1.82, 2.24) is 14.6 Å². The van der Waals surface area contributed by atoms with E-state index in [0.29, 0.717) is 5.39 Å². The maximum Gasteiger partial charge on any atom is 0.254 e. The van der Waals surface area contributed by atoms with Gasteiger partial charge >= 0.3 is 0 Å². The lowest BCUT2D eigenvalue weighted by Gasteiger charge is -1.95. The van der Waals surface area contributed by atoms with E-state index in [1.165, 1.54) is 17.5 Å². The zero-order chi connectivity index (χ0) is 14.3. The molecule has 2 heterocycles. The molecule has 20 heavy (non-hydrogen) atoms. The smallest absolute Gasteiger partial charge is 0.254 e. The van der Waals surface area contributed by atoms with Gasteiger partial charge in [0.2, 0.25) is 20.9 Å². The first-order valence-corrected chi connectivity index (χ1v) is 7.69. The van der Waals surface area contributed by atoms with Gasteiger partial charge in [0.05, 0.1) is 5.75 Å². The molecule has 0 atom stereocenters. The minimum atomic E-state index is -3.54. The molecule has 7 heteroatoms. The van der Waals surface area contributed by atoms with Crippen molar-refractivity contribution in [2.24, 2.45) is 0 Å². The number of fused-ring (bicyclic) bond motifs is 2. The first-order chi connectivity index (χ1) is 9.54. The third-order valence-electron chi connectivity index (χ3n) is 3.13. The van der Waals surface area contributed by atoms with E-state index in [0.717, 1.165) is 5.39 Å². The molecule has 0 aliphatic rings. The average Bonchev–Trinajstić information content (AvgIpc) is 2.84. The monoisotopic (exact) mass is 289 g/mol. The van der Waals surface area contributed by atoms with Gasteiger partial charge in [-0.05, 0) is 11.5 Å². The van der Waals surface area contributed by atoms with Crippen molar-refractivity contribution in [2.75, 3.05) is 5.75 Å². The van der Waals surface area contributed by atoms with Gasteiger partial charge in [0.15, 0.2) is 0 Å². The minimum absolute atomic E-state index is 0.0122. The van der Waals surface area contributed by atoms with Crippen LogP contribution in [0, 0.1) is 0 Å². The van der Waals surface area contributed by atoms with Crippen molar-refractivity contribution in [3.8, 4) is 0 Å². The molecule has 0 aliphatic heterocycles. The molecule has 0 spiro atoms. The van der Waals surface area contributed by atoms with Gasteiger partial charge in [-0.2, -0.15) is 0 Å². The topological polar surface area (TPSA) is 81.4 Å². The zero-order valence-corrected chi connectivity index (χ0v) is 11.5. The fraction of sp³-hybridized carbons (Fsp3) is 0.154. The third-order valence-corrected chi connectivity index (χ3v) is 4.73. The van der Waals surface area contributed by atoms with Crippen molar-refractivity contribution in [3.05, 3.63) is 46.8 Å². The minimum Gasteiger partial charge on any atom is -0.285 e. The highest BCUT2D eigenvalue weighted by Crippen LogP contribution is 2.12. The van der Waals surface area contributed by atoms with Crippen LogP contribution in [-0.4, -0.2) is 28.8 Å². The molecule has 0 N–H and O–H groups in total. The maximum atomic E-state index is 12.4. The number of benzene rings is 1. The second-order valence-electron chi connectivity index (χ2n) is 4.31. The van der Waals surface area contributed by atoms with E-state index in [4.69, 9.17) is 0 Å². The van der Waals surface area contributed by atoms with Crippen LogP contribution < -0.4 is 5.43 Å². The largest absolute Gasteiger partial charge is 0.285 e. The number of aromatic nitrogens is 3. The molecular formula is C13H11N3O3S. The molecule has 0 radical (unpaired) electrons. The van der Waals surface area contributed by atoms with Crippen LogP contribution in [0.15, 0.2) is 46.5 Å². The summed E-state index contributed by atoms with van der Waals surface area (Å²) in [6.45, 7) is 1.52. The van der Waals surface area contributed by atoms with E-state index in [-0.39, 0.29) is 22.0 Å². The predicted molar refractivity (Wildman–Crippen MR) is 74.5 cm³/mol. The van der Waals surface area contributed by atoms with E-state index < -0.39 is 9.84 Å². The second kappa shape index (κ2) is 4.38. The van der Waals surface area contributed by atoms with Gasteiger partial charge in [-0.3, -0.25) is 9.20 Å². The fourth-order valence-corrected chi connectivity index (χ4v) is 2.90. The summed E-state index contributed by atoms with van der Waals surface area (Å²) in [6, 6.07) is 8.71. The van der Waals surface area contributed by atoms with E-state index in [2.05, 4.69) is 10.2 Å². The van der Waals surface area contributed by atoms with Crippen molar-refractivity contribution in [2.45, 2.75) is 12.1 Å². The highest BCUT2D eigenvalue weighted by Gasteiger charge is 2.20. The fourth-order valence-electron chi connectivity index (χ4n) is 2.03. The van der Waals surface area contributed by atoms with Gasteiger partial charge in [-0.1, -0.05) is 31.2 Å². The molecule has 0 saturated heterocycles. The summed E-state index contributed by atoms with van der Waals surface area (Å²) in [7, 11) is -3.54. The molecule has 0 bridgehead atoms. The van der Waals surface area contributed by atoms with Gasteiger partial charge in [-0.15, -0.1) is 10.2 Å². The Morgan fingerprint density at radius 2 is 1.90 bits per heavy atom. The Morgan fingerprint density at radius 3 is 2.65 bits per heavy atom. The molecule has 0 unspecified atom stereocenters. The number of rotatable bonds is 2. The van der Waals surface area contributed by atoms with Crippen molar-refractivity contribution >= 4 is 26.3 Å². The van der Waals surface area contributed by atoms with Crippen molar-refractivity contribution in [3.63, 3.8) is 0 Å². The van der Waals surface area contributed by atoms with Crippen LogP contribution in [0.5, 0.6) is 0 Å². The Hall–Kier alpha value is -2.28. The van der Waals surface area contributed by atoms with Gasteiger partial charge < -0.3 is 0 Å². The molecule has 2 aromatic heterocycles. The highest BCUT2D eigenvalue weighted by atomic mass is 32.2. The van der Waals surface area contributed by atoms with Crippen LogP contribution in [0.1, 0.15) is 6.92 Å². The standard InChI is InChI=1S/C13H11N3O3S/c1-2-20(18,19)13-15-14-12-11(17)10-6-4-3-5-9(10)7-8-16(12)13/h3-8H,2H2,1H3. The highest BCUT2D eigenvalue weighted by molar-refractivity contribution is 7.91. The Labute approximate surface area is 114 Å². The first-order valence-electron chi connectivity index (χ1n) is 6.04. The normalized spacial score (nSPS) is 12.1. The molecule has 6 nitrogen and oxygen atoms in total. The van der Waals surface area contributed by atoms with Crippen molar-refractivity contribution in [1.29, 1.82) is 0 Å². The molecule has 3 rings (SSSR count). The Morgan fingerprint density at radius 1 is 1.15 bits per heavy atom. The molecule has 102 valence electrons. The SMILES string of the molecule is CCS(=O)(=O)c1nnc2c(=O)c3ccccc3ccn12. The summed E-state index contributed by atoms with van der Waals surface area (Å²) in [4.78, 5) is 12.4. The molecule has 0 aliphatic carbocycles. The molecule has 0 amide bonds. The van der Waals surface area contributed by atoms with Gasteiger partial charge in [0.25, 0.3) is 5.16 Å². The van der Waals surface area contributed by atoms with Gasteiger partial charge in [0.1, 0.15) is 0 Å². The number of nitrogens with zero attached hydrogens (tertiary/aromatic N) is 3. The summed E-state index contributed by atoms with van der Waals surface area (Å²) in [5, 5.41) is 8.41. The maximum absolute atomic E-state index is 12.4. The van der Waals surface area contributed by atoms with Gasteiger partial charge in [0, 0.05) is 11.6 Å². The van der Waals surface area contributed by atoms with Crippen LogP contribution in [0.2, 0.25) is 0 Å².